The fourth-order valence-electron chi connectivity index (χ4n) is 1.27. The Morgan fingerprint density at radius 2 is 1.11 bits per heavy atom. The summed E-state index contributed by atoms with van der Waals surface area (Å²) in [5, 5.41) is 0. The minimum absolute atomic E-state index is 0. The molecule has 4 nitrogen and oxygen atoms in total. The molecule has 0 saturated carbocycles. The number of ether oxygens (including phenoxy) is 3. The van der Waals surface area contributed by atoms with Crippen molar-refractivity contribution >= 4 is 6.29 Å². The van der Waals surface area contributed by atoms with Crippen LogP contribution >= 0.6 is 0 Å². The summed E-state index contributed by atoms with van der Waals surface area (Å²) in [5.74, 6) is -1.61. The van der Waals surface area contributed by atoms with Gasteiger partial charge in [-0.1, -0.05) is 40.0 Å². The molecule has 0 heterocycles. The molecule has 0 unspecified atom stereocenters. The normalized spacial score (nSPS) is 11.1. The molecule has 0 atom stereocenters. The van der Waals surface area contributed by atoms with Gasteiger partial charge in [-0.2, -0.15) is 0 Å². The standard InChI is InChI=1S/C14H27O4.Zr/c1-4-7-10-16-14(13-15,17-11-8-5-2)18-12-9-6-3;/h4-12H2,1-3H3;. The van der Waals surface area contributed by atoms with E-state index < -0.39 is 5.97 Å². The van der Waals surface area contributed by atoms with Crippen LogP contribution in [0, 0.1) is 0 Å². The Balaban J connectivity index is 0. The van der Waals surface area contributed by atoms with Crippen LogP contribution in [0.1, 0.15) is 59.3 Å². The van der Waals surface area contributed by atoms with E-state index in [1.54, 1.807) is 6.29 Å². The van der Waals surface area contributed by atoms with Crippen molar-refractivity contribution in [3.63, 3.8) is 0 Å². The fraction of sp³-hybridized carbons (Fsp3) is 0.929. The van der Waals surface area contributed by atoms with Crippen LogP contribution in [0.5, 0.6) is 0 Å². The van der Waals surface area contributed by atoms with Crippen LogP contribution in [0.3, 0.4) is 0 Å². The van der Waals surface area contributed by atoms with E-state index in [2.05, 4.69) is 20.8 Å². The molecule has 0 aliphatic carbocycles. The van der Waals surface area contributed by atoms with Gasteiger partial charge in [0, 0.05) is 26.2 Å². The number of hydrogen-bond donors (Lipinski definition) is 0. The van der Waals surface area contributed by atoms with Crippen molar-refractivity contribution in [1.82, 2.24) is 0 Å². The molecule has 0 aromatic heterocycles. The topological polar surface area (TPSA) is 44.8 Å². The van der Waals surface area contributed by atoms with E-state index in [0.29, 0.717) is 19.8 Å². The van der Waals surface area contributed by atoms with Gasteiger partial charge in [-0.05, 0) is 19.3 Å². The van der Waals surface area contributed by atoms with Crippen LogP contribution < -0.4 is 0 Å². The minimum Gasteiger partial charge on any atom is -0.321 e. The quantitative estimate of drug-likeness (QED) is 0.378. The summed E-state index contributed by atoms with van der Waals surface area (Å²) < 4.78 is 16.3. The second kappa shape index (κ2) is 14.8. The molecule has 5 heteroatoms. The van der Waals surface area contributed by atoms with E-state index in [9.17, 15) is 4.79 Å². The number of rotatable bonds is 13. The average molecular weight is 351 g/mol. The molecule has 0 rings (SSSR count). The average Bonchev–Trinajstić information content (AvgIpc) is 2.39. The van der Waals surface area contributed by atoms with E-state index in [1.807, 2.05) is 0 Å². The molecule has 0 bridgehead atoms. The first kappa shape index (κ1) is 21.7. The molecule has 0 aliphatic heterocycles. The summed E-state index contributed by atoms with van der Waals surface area (Å²) in [7, 11) is 0. The molecule has 0 aromatic rings. The first-order chi connectivity index (χ1) is 8.74. The Kier molecular flexibility index (Phi) is 17.0. The van der Waals surface area contributed by atoms with Crippen LogP contribution in [0.2, 0.25) is 0 Å². The SMILES string of the molecule is CCCCOC([C]=O)(OCCCC)OCCCC.[Zr]. The number of carbonyl (C=O) groups excluding carboxylic acids is 1. The summed E-state index contributed by atoms with van der Waals surface area (Å²) in [6.45, 7) is 7.53. The van der Waals surface area contributed by atoms with Crippen molar-refractivity contribution in [2.75, 3.05) is 19.8 Å². The molecule has 19 heavy (non-hydrogen) atoms. The molecular formula is C14H27O4Zr. The summed E-state index contributed by atoms with van der Waals surface area (Å²) >= 11 is 0. The number of unbranched alkanes of at least 4 members (excludes halogenated alkanes) is 3. The third kappa shape index (κ3) is 10.8. The largest absolute Gasteiger partial charge is 0.355 e. The summed E-state index contributed by atoms with van der Waals surface area (Å²) in [5.41, 5.74) is 0. The van der Waals surface area contributed by atoms with Gasteiger partial charge in [-0.15, -0.1) is 0 Å². The van der Waals surface area contributed by atoms with Crippen molar-refractivity contribution < 1.29 is 45.2 Å². The predicted octanol–water partition coefficient (Wildman–Crippen LogP) is 3.20. The second-order valence-electron chi connectivity index (χ2n) is 4.26. The van der Waals surface area contributed by atoms with Gasteiger partial charge in [0.15, 0.2) is 0 Å². The van der Waals surface area contributed by atoms with Crippen molar-refractivity contribution in [3.05, 3.63) is 0 Å². The van der Waals surface area contributed by atoms with Crippen molar-refractivity contribution in [1.29, 1.82) is 0 Å². The van der Waals surface area contributed by atoms with Crippen LogP contribution in [0.4, 0.5) is 0 Å². The van der Waals surface area contributed by atoms with Gasteiger partial charge < -0.3 is 14.2 Å². The monoisotopic (exact) mass is 349 g/mol. The summed E-state index contributed by atoms with van der Waals surface area (Å²) in [4.78, 5) is 11.1. The van der Waals surface area contributed by atoms with E-state index in [0.717, 1.165) is 38.5 Å². The predicted molar refractivity (Wildman–Crippen MR) is 71.0 cm³/mol. The molecule has 111 valence electrons. The molecule has 0 fully saturated rings. The molecule has 0 N–H and O–H groups in total. The van der Waals surface area contributed by atoms with E-state index in [-0.39, 0.29) is 26.2 Å². The van der Waals surface area contributed by atoms with Crippen LogP contribution in [-0.2, 0) is 45.2 Å². The van der Waals surface area contributed by atoms with Gasteiger partial charge in [0.1, 0.15) is 0 Å². The van der Waals surface area contributed by atoms with Crippen molar-refractivity contribution in [2.24, 2.45) is 0 Å². The van der Waals surface area contributed by atoms with E-state index >= 15 is 0 Å². The van der Waals surface area contributed by atoms with Gasteiger partial charge in [0.2, 0.25) is 0 Å². The molecule has 0 aromatic carbocycles. The zero-order chi connectivity index (χ0) is 13.7. The molecule has 0 amide bonds. The van der Waals surface area contributed by atoms with Crippen LogP contribution in [0.15, 0.2) is 0 Å². The summed E-state index contributed by atoms with van der Waals surface area (Å²) in [6, 6.07) is 0. The fourth-order valence-corrected chi connectivity index (χ4v) is 1.27. The maximum absolute atomic E-state index is 11.1. The van der Waals surface area contributed by atoms with E-state index in [1.165, 1.54) is 0 Å². The van der Waals surface area contributed by atoms with Crippen molar-refractivity contribution in [3.8, 4) is 0 Å². The Bertz CT molecular complexity index is 173. The van der Waals surface area contributed by atoms with Crippen molar-refractivity contribution in [2.45, 2.75) is 65.3 Å². The zero-order valence-electron chi connectivity index (χ0n) is 12.5. The Hall–Kier alpha value is 0.433. The third-order valence-corrected chi connectivity index (χ3v) is 2.49. The molecular weight excluding hydrogens is 323 g/mol. The maximum Gasteiger partial charge on any atom is 0.355 e. The Morgan fingerprint density at radius 1 is 0.789 bits per heavy atom. The first-order valence-electron chi connectivity index (χ1n) is 7.05. The first-order valence-corrected chi connectivity index (χ1v) is 7.05. The van der Waals surface area contributed by atoms with Gasteiger partial charge >= 0.3 is 5.97 Å². The van der Waals surface area contributed by atoms with Crippen LogP contribution in [-0.4, -0.2) is 32.1 Å². The Morgan fingerprint density at radius 3 is 1.32 bits per heavy atom. The maximum atomic E-state index is 11.1. The smallest absolute Gasteiger partial charge is 0.321 e. The van der Waals surface area contributed by atoms with Gasteiger partial charge in [0.05, 0.1) is 19.8 Å². The van der Waals surface area contributed by atoms with Gasteiger partial charge in [-0.25, -0.2) is 0 Å². The Labute approximate surface area is 136 Å². The van der Waals surface area contributed by atoms with Crippen LogP contribution in [0.25, 0.3) is 0 Å². The minimum atomic E-state index is -1.61. The molecule has 0 aliphatic rings. The number of hydrogen-bond acceptors (Lipinski definition) is 4. The van der Waals surface area contributed by atoms with Gasteiger partial charge in [0.25, 0.3) is 6.29 Å². The zero-order valence-corrected chi connectivity index (χ0v) is 15.0. The van der Waals surface area contributed by atoms with Gasteiger partial charge in [-0.3, -0.25) is 4.79 Å². The molecule has 1 radical (unpaired) electrons. The molecule has 0 saturated heterocycles. The summed E-state index contributed by atoms with van der Waals surface area (Å²) in [6.07, 6.45) is 7.39. The second-order valence-corrected chi connectivity index (χ2v) is 4.26. The van der Waals surface area contributed by atoms with E-state index in [4.69, 9.17) is 14.2 Å². The molecule has 0 spiro atoms. The third-order valence-electron chi connectivity index (χ3n) is 2.49.